The van der Waals surface area contributed by atoms with Crippen LogP contribution in [0.2, 0.25) is 0 Å². The predicted molar refractivity (Wildman–Crippen MR) is 88.8 cm³/mol. The Morgan fingerprint density at radius 2 is 2.26 bits per heavy atom. The van der Waals surface area contributed by atoms with Crippen LogP contribution in [0.5, 0.6) is 0 Å². The first kappa shape index (κ1) is 14.1. The normalized spacial score (nSPS) is 13.7. The summed E-state index contributed by atoms with van der Waals surface area (Å²) in [5, 5.41) is 13.1. The average Bonchev–Trinajstić information content (AvgIpc) is 3.21. The smallest absolute Gasteiger partial charge is 0.273 e. The standard InChI is InChI=1S/C17H15N3O2S/c1-20-12-6-7-22-14(12)8-13(20)16(21)19-17-11(9-18)10-4-2-3-5-15(10)23-17/h6-8H,2-5H2,1H3,(H,19,21). The first-order valence-electron chi connectivity index (χ1n) is 7.58. The van der Waals surface area contributed by atoms with Gasteiger partial charge in [0.05, 0.1) is 17.3 Å². The first-order valence-corrected chi connectivity index (χ1v) is 8.39. The summed E-state index contributed by atoms with van der Waals surface area (Å²) in [4.78, 5) is 13.8. The molecule has 0 radical (unpaired) electrons. The number of rotatable bonds is 2. The van der Waals surface area contributed by atoms with Crippen LogP contribution in [0.1, 0.15) is 39.3 Å². The maximum absolute atomic E-state index is 12.6. The van der Waals surface area contributed by atoms with E-state index in [1.54, 1.807) is 16.9 Å². The Hall–Kier alpha value is -2.52. The maximum Gasteiger partial charge on any atom is 0.273 e. The van der Waals surface area contributed by atoms with Gasteiger partial charge in [0.25, 0.3) is 5.91 Å². The molecule has 0 fully saturated rings. The van der Waals surface area contributed by atoms with Gasteiger partial charge in [0.2, 0.25) is 0 Å². The van der Waals surface area contributed by atoms with Crippen molar-refractivity contribution in [3.05, 3.63) is 40.1 Å². The van der Waals surface area contributed by atoms with E-state index < -0.39 is 0 Å². The lowest BCUT2D eigenvalue weighted by molar-refractivity contribution is 0.102. The molecule has 4 rings (SSSR count). The number of carbonyl (C=O) groups excluding carboxylic acids is 1. The van der Waals surface area contributed by atoms with Crippen molar-refractivity contribution in [1.82, 2.24) is 4.57 Å². The molecule has 0 unspecified atom stereocenters. The molecule has 0 atom stereocenters. The van der Waals surface area contributed by atoms with Crippen molar-refractivity contribution in [2.24, 2.45) is 7.05 Å². The number of furan rings is 1. The van der Waals surface area contributed by atoms with Gasteiger partial charge in [-0.3, -0.25) is 4.79 Å². The number of hydrogen-bond acceptors (Lipinski definition) is 4. The SMILES string of the molecule is Cn1c(C(=O)Nc2sc3c(c2C#N)CCCC3)cc2occc21. The van der Waals surface area contributed by atoms with Crippen LogP contribution in [0.25, 0.3) is 11.1 Å². The van der Waals surface area contributed by atoms with E-state index in [4.69, 9.17) is 4.42 Å². The molecule has 1 amide bonds. The van der Waals surface area contributed by atoms with Crippen molar-refractivity contribution in [3.8, 4) is 6.07 Å². The van der Waals surface area contributed by atoms with Gasteiger partial charge in [-0.05, 0) is 31.2 Å². The van der Waals surface area contributed by atoms with E-state index in [2.05, 4.69) is 11.4 Å². The van der Waals surface area contributed by atoms with E-state index in [0.29, 0.717) is 21.8 Å². The van der Waals surface area contributed by atoms with Crippen LogP contribution in [0.15, 0.2) is 22.8 Å². The number of nitriles is 1. The van der Waals surface area contributed by atoms with Crippen molar-refractivity contribution in [2.75, 3.05) is 5.32 Å². The minimum absolute atomic E-state index is 0.214. The maximum atomic E-state index is 12.6. The summed E-state index contributed by atoms with van der Waals surface area (Å²) < 4.78 is 7.14. The monoisotopic (exact) mass is 325 g/mol. The van der Waals surface area contributed by atoms with Crippen molar-refractivity contribution in [1.29, 1.82) is 5.26 Å². The van der Waals surface area contributed by atoms with Crippen LogP contribution in [0.4, 0.5) is 5.00 Å². The molecule has 0 aliphatic heterocycles. The summed E-state index contributed by atoms with van der Waals surface area (Å²) in [6.45, 7) is 0. The van der Waals surface area contributed by atoms with Gasteiger partial charge in [-0.15, -0.1) is 11.3 Å². The first-order chi connectivity index (χ1) is 11.2. The zero-order chi connectivity index (χ0) is 16.0. The fraction of sp³-hybridized carbons (Fsp3) is 0.294. The van der Waals surface area contributed by atoms with Gasteiger partial charge in [-0.25, -0.2) is 0 Å². The lowest BCUT2D eigenvalue weighted by Crippen LogP contribution is -2.15. The summed E-state index contributed by atoms with van der Waals surface area (Å²) in [6.07, 6.45) is 5.80. The Morgan fingerprint density at radius 3 is 3.04 bits per heavy atom. The van der Waals surface area contributed by atoms with Gasteiger partial charge in [0.1, 0.15) is 16.8 Å². The van der Waals surface area contributed by atoms with Crippen LogP contribution in [0, 0.1) is 11.3 Å². The Kier molecular flexibility index (Phi) is 3.24. The second kappa shape index (κ2) is 5.28. The van der Waals surface area contributed by atoms with Crippen LogP contribution in [0.3, 0.4) is 0 Å². The van der Waals surface area contributed by atoms with Crippen LogP contribution in [-0.2, 0) is 19.9 Å². The Labute approximate surface area is 137 Å². The number of nitrogens with one attached hydrogen (secondary N) is 1. The molecule has 5 nitrogen and oxygen atoms in total. The highest BCUT2D eigenvalue weighted by Gasteiger charge is 2.23. The van der Waals surface area contributed by atoms with E-state index >= 15 is 0 Å². The molecule has 23 heavy (non-hydrogen) atoms. The fourth-order valence-corrected chi connectivity index (χ4v) is 4.44. The van der Waals surface area contributed by atoms with Gasteiger partial charge >= 0.3 is 0 Å². The number of fused-ring (bicyclic) bond motifs is 2. The van der Waals surface area contributed by atoms with Crippen molar-refractivity contribution >= 4 is 33.3 Å². The van der Waals surface area contributed by atoms with Crippen molar-refractivity contribution in [2.45, 2.75) is 25.7 Å². The number of carbonyl (C=O) groups is 1. The molecule has 0 saturated carbocycles. The molecule has 116 valence electrons. The molecule has 3 heterocycles. The van der Waals surface area contributed by atoms with E-state index in [9.17, 15) is 10.1 Å². The molecular weight excluding hydrogens is 310 g/mol. The quantitative estimate of drug-likeness (QED) is 0.778. The third kappa shape index (κ3) is 2.16. The molecule has 1 aliphatic carbocycles. The number of hydrogen-bond donors (Lipinski definition) is 1. The highest BCUT2D eigenvalue weighted by atomic mass is 32.1. The second-order valence-corrected chi connectivity index (χ2v) is 6.84. The van der Waals surface area contributed by atoms with Crippen molar-refractivity contribution < 1.29 is 9.21 Å². The Balaban J connectivity index is 1.69. The highest BCUT2D eigenvalue weighted by Crippen LogP contribution is 2.37. The number of thiophene rings is 1. The third-order valence-electron chi connectivity index (χ3n) is 4.41. The largest absolute Gasteiger partial charge is 0.463 e. The molecular formula is C17H15N3O2S. The van der Waals surface area contributed by atoms with Crippen LogP contribution < -0.4 is 5.32 Å². The predicted octanol–water partition coefficient (Wildman–Crippen LogP) is 3.84. The summed E-state index contributed by atoms with van der Waals surface area (Å²) in [7, 11) is 1.83. The molecule has 6 heteroatoms. The molecule has 0 bridgehead atoms. The lowest BCUT2D eigenvalue weighted by Gasteiger charge is -2.09. The van der Waals surface area contributed by atoms with Gasteiger partial charge in [-0.2, -0.15) is 5.26 Å². The third-order valence-corrected chi connectivity index (χ3v) is 5.61. The zero-order valence-corrected chi connectivity index (χ0v) is 13.5. The van der Waals surface area contributed by atoms with Crippen LogP contribution >= 0.6 is 11.3 Å². The zero-order valence-electron chi connectivity index (χ0n) is 12.7. The molecule has 0 aromatic carbocycles. The molecule has 0 saturated heterocycles. The molecule has 0 spiro atoms. The number of aromatic nitrogens is 1. The Bertz CT molecular complexity index is 955. The van der Waals surface area contributed by atoms with Gasteiger partial charge in [0.15, 0.2) is 5.58 Å². The summed E-state index contributed by atoms with van der Waals surface area (Å²) in [5.74, 6) is -0.214. The summed E-state index contributed by atoms with van der Waals surface area (Å²) in [6, 6.07) is 5.82. The average molecular weight is 325 g/mol. The number of aryl methyl sites for hydroxylation is 2. The van der Waals surface area contributed by atoms with Crippen molar-refractivity contribution in [3.63, 3.8) is 0 Å². The van der Waals surface area contributed by atoms with Crippen LogP contribution in [-0.4, -0.2) is 10.5 Å². The highest BCUT2D eigenvalue weighted by molar-refractivity contribution is 7.16. The molecule has 1 aliphatic rings. The minimum atomic E-state index is -0.214. The topological polar surface area (TPSA) is 71.0 Å². The minimum Gasteiger partial charge on any atom is -0.463 e. The van der Waals surface area contributed by atoms with Gasteiger partial charge in [-0.1, -0.05) is 0 Å². The number of nitrogens with zero attached hydrogens (tertiary/aromatic N) is 2. The molecule has 3 aromatic heterocycles. The fourth-order valence-electron chi connectivity index (χ4n) is 3.21. The Morgan fingerprint density at radius 1 is 1.43 bits per heavy atom. The van der Waals surface area contributed by atoms with Gasteiger partial charge in [0, 0.05) is 24.1 Å². The van der Waals surface area contributed by atoms with E-state index in [-0.39, 0.29) is 5.91 Å². The number of amides is 1. The lowest BCUT2D eigenvalue weighted by atomic mass is 9.96. The van der Waals surface area contributed by atoms with E-state index in [0.717, 1.165) is 36.8 Å². The van der Waals surface area contributed by atoms with E-state index in [1.165, 1.54) is 16.2 Å². The summed E-state index contributed by atoms with van der Waals surface area (Å²) in [5.41, 5.74) is 3.84. The molecule has 3 aromatic rings. The summed E-state index contributed by atoms with van der Waals surface area (Å²) >= 11 is 1.54. The van der Waals surface area contributed by atoms with E-state index in [1.807, 2.05) is 13.1 Å². The molecule has 1 N–H and O–H groups in total. The second-order valence-electron chi connectivity index (χ2n) is 5.74. The number of anilines is 1. The van der Waals surface area contributed by atoms with Gasteiger partial charge < -0.3 is 14.3 Å².